The molecule has 0 saturated carbocycles. The number of amides is 1. The minimum atomic E-state index is -0.431. The van der Waals surface area contributed by atoms with Crippen molar-refractivity contribution in [3.63, 3.8) is 0 Å². The molecule has 142 valence electrons. The summed E-state index contributed by atoms with van der Waals surface area (Å²) in [5, 5.41) is 4.74. The van der Waals surface area contributed by atoms with Gasteiger partial charge in [-0.05, 0) is 47.9 Å². The highest BCUT2D eigenvalue weighted by atomic mass is 32.1. The third-order valence-corrected chi connectivity index (χ3v) is 5.81. The summed E-state index contributed by atoms with van der Waals surface area (Å²) >= 11 is 1.47. The number of methoxy groups -OCH3 is 1. The number of benzene rings is 1. The molecule has 0 bridgehead atoms. The van der Waals surface area contributed by atoms with Gasteiger partial charge >= 0.3 is 5.97 Å². The van der Waals surface area contributed by atoms with Gasteiger partial charge < -0.3 is 10.1 Å². The number of esters is 1. The molecule has 1 heterocycles. The molecule has 1 aliphatic carbocycles. The number of nitrogens with one attached hydrogen (secondary N) is 1. The smallest absolute Gasteiger partial charge is 0.307 e. The summed E-state index contributed by atoms with van der Waals surface area (Å²) in [4.78, 5) is 37.3. The van der Waals surface area contributed by atoms with Crippen LogP contribution in [-0.4, -0.2) is 24.8 Å². The molecule has 1 aliphatic rings. The fourth-order valence-corrected chi connectivity index (χ4v) is 4.12. The van der Waals surface area contributed by atoms with Crippen molar-refractivity contribution in [3.8, 4) is 0 Å². The van der Waals surface area contributed by atoms with E-state index in [2.05, 4.69) is 5.32 Å². The van der Waals surface area contributed by atoms with Gasteiger partial charge in [-0.3, -0.25) is 14.4 Å². The van der Waals surface area contributed by atoms with Crippen LogP contribution in [0.1, 0.15) is 58.1 Å². The number of thiophene rings is 1. The van der Waals surface area contributed by atoms with Crippen molar-refractivity contribution in [1.82, 2.24) is 5.32 Å². The standard InChI is InChI=1S/C21H23NO4S/c1-26-21(25)13-17(19-6-3-11-27-19)22-20(24)10-9-18(23)16-8-7-14-4-2-5-15(14)12-16/h3,6-8,11-12,17H,2,4-5,9-10,13H2,1H3,(H,22,24). The second-order valence-corrected chi connectivity index (χ2v) is 7.66. The zero-order valence-electron chi connectivity index (χ0n) is 15.3. The Hall–Kier alpha value is -2.47. The SMILES string of the molecule is COC(=O)CC(NC(=O)CCC(=O)c1ccc2c(c1)CCC2)c1cccs1. The van der Waals surface area contributed by atoms with Crippen LogP contribution in [-0.2, 0) is 27.2 Å². The predicted molar refractivity (Wildman–Crippen MR) is 104 cm³/mol. The van der Waals surface area contributed by atoms with Crippen LogP contribution >= 0.6 is 11.3 Å². The van der Waals surface area contributed by atoms with Gasteiger partial charge in [0.25, 0.3) is 0 Å². The molecule has 6 heteroatoms. The van der Waals surface area contributed by atoms with E-state index in [1.165, 1.54) is 29.6 Å². The fraction of sp³-hybridized carbons (Fsp3) is 0.381. The summed E-state index contributed by atoms with van der Waals surface area (Å²) in [6.45, 7) is 0. The largest absolute Gasteiger partial charge is 0.469 e. The Kier molecular flexibility index (Phi) is 6.40. The van der Waals surface area contributed by atoms with Crippen LogP contribution in [0.15, 0.2) is 35.7 Å². The first-order chi connectivity index (χ1) is 13.1. The molecule has 5 nitrogen and oxygen atoms in total. The highest BCUT2D eigenvalue weighted by Gasteiger charge is 2.21. The maximum atomic E-state index is 12.4. The lowest BCUT2D eigenvalue weighted by molar-refractivity contribution is -0.141. The van der Waals surface area contributed by atoms with Gasteiger partial charge in [0, 0.05) is 23.3 Å². The topological polar surface area (TPSA) is 72.5 Å². The molecule has 1 amide bonds. The van der Waals surface area contributed by atoms with E-state index < -0.39 is 6.04 Å². The van der Waals surface area contributed by atoms with Crippen molar-refractivity contribution in [2.75, 3.05) is 7.11 Å². The number of carbonyl (C=O) groups is 3. The van der Waals surface area contributed by atoms with E-state index in [0.717, 1.165) is 24.1 Å². The van der Waals surface area contributed by atoms with Gasteiger partial charge in [0.05, 0.1) is 19.6 Å². The van der Waals surface area contributed by atoms with Crippen molar-refractivity contribution in [2.45, 2.75) is 44.6 Å². The van der Waals surface area contributed by atoms with Gasteiger partial charge in [-0.15, -0.1) is 11.3 Å². The normalized spacial score (nSPS) is 13.7. The van der Waals surface area contributed by atoms with Crippen LogP contribution in [0.2, 0.25) is 0 Å². The Bertz CT molecular complexity index is 829. The van der Waals surface area contributed by atoms with Gasteiger partial charge in [-0.2, -0.15) is 0 Å². The monoisotopic (exact) mass is 385 g/mol. The average Bonchev–Trinajstić information content (AvgIpc) is 3.36. The Labute approximate surface area is 162 Å². The first kappa shape index (κ1) is 19.3. The predicted octanol–water partition coefficient (Wildman–Crippen LogP) is 3.62. The molecule has 0 spiro atoms. The summed E-state index contributed by atoms with van der Waals surface area (Å²) in [5.41, 5.74) is 3.25. The first-order valence-electron chi connectivity index (χ1n) is 9.11. The van der Waals surface area contributed by atoms with Gasteiger partial charge in [0.15, 0.2) is 5.78 Å². The number of hydrogen-bond acceptors (Lipinski definition) is 5. The molecule has 1 atom stereocenters. The Balaban J connectivity index is 1.56. The second kappa shape index (κ2) is 8.95. The maximum Gasteiger partial charge on any atom is 0.307 e. The van der Waals surface area contributed by atoms with E-state index >= 15 is 0 Å². The molecule has 1 N–H and O–H groups in total. The van der Waals surface area contributed by atoms with Gasteiger partial charge in [0.1, 0.15) is 0 Å². The van der Waals surface area contributed by atoms with Crippen LogP contribution in [0.4, 0.5) is 0 Å². The van der Waals surface area contributed by atoms with Crippen molar-refractivity contribution in [1.29, 1.82) is 0 Å². The van der Waals surface area contributed by atoms with E-state index in [-0.39, 0.29) is 36.9 Å². The van der Waals surface area contributed by atoms with Crippen LogP contribution in [0.5, 0.6) is 0 Å². The van der Waals surface area contributed by atoms with Crippen molar-refractivity contribution < 1.29 is 19.1 Å². The summed E-state index contributed by atoms with van der Waals surface area (Å²) in [7, 11) is 1.32. The number of rotatable bonds is 8. The third-order valence-electron chi connectivity index (χ3n) is 4.82. The quantitative estimate of drug-likeness (QED) is 0.556. The summed E-state index contributed by atoms with van der Waals surface area (Å²) in [5.74, 6) is -0.657. The van der Waals surface area contributed by atoms with E-state index in [9.17, 15) is 14.4 Å². The average molecular weight is 385 g/mol. The molecule has 27 heavy (non-hydrogen) atoms. The zero-order valence-corrected chi connectivity index (χ0v) is 16.1. The number of Topliss-reactive ketones (excluding diaryl/α,β-unsaturated/α-hetero) is 1. The van der Waals surface area contributed by atoms with Crippen LogP contribution < -0.4 is 5.32 Å². The van der Waals surface area contributed by atoms with E-state index in [1.54, 1.807) is 0 Å². The molecule has 3 rings (SSSR count). The van der Waals surface area contributed by atoms with Crippen molar-refractivity contribution >= 4 is 29.0 Å². The Morgan fingerprint density at radius 2 is 1.96 bits per heavy atom. The van der Waals surface area contributed by atoms with Crippen molar-refractivity contribution in [3.05, 3.63) is 57.3 Å². The third kappa shape index (κ3) is 5.04. The lowest BCUT2D eigenvalue weighted by Crippen LogP contribution is -2.30. The highest BCUT2D eigenvalue weighted by molar-refractivity contribution is 7.10. The molecule has 0 fully saturated rings. The minimum absolute atomic E-state index is 0.0273. The molecule has 0 saturated heterocycles. The molecule has 1 aromatic carbocycles. The number of ketones is 1. The number of hydrogen-bond donors (Lipinski definition) is 1. The highest BCUT2D eigenvalue weighted by Crippen LogP contribution is 2.24. The minimum Gasteiger partial charge on any atom is -0.469 e. The second-order valence-electron chi connectivity index (χ2n) is 6.68. The Morgan fingerprint density at radius 3 is 2.70 bits per heavy atom. The zero-order chi connectivity index (χ0) is 19.2. The summed E-state index contributed by atoms with van der Waals surface area (Å²) in [6, 6.07) is 9.16. The Morgan fingerprint density at radius 1 is 1.15 bits per heavy atom. The summed E-state index contributed by atoms with van der Waals surface area (Å²) in [6.07, 6.45) is 3.56. The van der Waals surface area contributed by atoms with Crippen molar-refractivity contribution in [2.24, 2.45) is 0 Å². The maximum absolute atomic E-state index is 12.4. The van der Waals surface area contributed by atoms with Gasteiger partial charge in [0.2, 0.25) is 5.91 Å². The van der Waals surface area contributed by atoms with Crippen LogP contribution in [0, 0.1) is 0 Å². The van der Waals surface area contributed by atoms with E-state index in [0.29, 0.717) is 5.56 Å². The molecule has 1 aromatic heterocycles. The number of ether oxygens (including phenoxy) is 1. The lowest BCUT2D eigenvalue weighted by Gasteiger charge is -2.16. The van der Waals surface area contributed by atoms with E-state index in [1.807, 2.05) is 35.7 Å². The number of fused-ring (bicyclic) bond motifs is 1. The molecular weight excluding hydrogens is 362 g/mol. The van der Waals surface area contributed by atoms with E-state index in [4.69, 9.17) is 4.74 Å². The number of carbonyl (C=O) groups excluding carboxylic acids is 3. The molecular formula is C21H23NO4S. The summed E-state index contributed by atoms with van der Waals surface area (Å²) < 4.78 is 4.71. The van der Waals surface area contributed by atoms with Crippen LogP contribution in [0.25, 0.3) is 0 Å². The molecule has 0 radical (unpaired) electrons. The van der Waals surface area contributed by atoms with Crippen LogP contribution in [0.3, 0.4) is 0 Å². The fourth-order valence-electron chi connectivity index (χ4n) is 3.35. The first-order valence-corrected chi connectivity index (χ1v) is 9.99. The molecule has 0 aliphatic heterocycles. The number of aryl methyl sites for hydroxylation is 2. The van der Waals surface area contributed by atoms with Gasteiger partial charge in [-0.1, -0.05) is 18.2 Å². The lowest BCUT2D eigenvalue weighted by atomic mass is 10.0. The molecule has 1 unspecified atom stereocenters. The van der Waals surface area contributed by atoms with Gasteiger partial charge in [-0.25, -0.2) is 0 Å². The molecule has 2 aromatic rings.